The second kappa shape index (κ2) is 5.83. The lowest BCUT2D eigenvalue weighted by atomic mass is 10.1. The summed E-state index contributed by atoms with van der Waals surface area (Å²) in [5, 5.41) is 17.2. The Balaban J connectivity index is 1.74. The molecule has 7 heteroatoms. The molecule has 2 N–H and O–H groups in total. The first kappa shape index (κ1) is 14.0. The lowest BCUT2D eigenvalue weighted by molar-refractivity contribution is -0.122. The normalized spacial score (nSPS) is 21.4. The predicted molar refractivity (Wildman–Crippen MR) is 78.3 cm³/mol. The minimum atomic E-state index is -0.558. The van der Waals surface area contributed by atoms with Gasteiger partial charge < -0.3 is 10.4 Å². The van der Waals surface area contributed by atoms with E-state index >= 15 is 0 Å². The summed E-state index contributed by atoms with van der Waals surface area (Å²) in [6.07, 6.45) is 5.00. The van der Waals surface area contributed by atoms with E-state index in [1.165, 1.54) is 4.68 Å². The number of nitrogens with one attached hydrogen (secondary N) is 1. The van der Waals surface area contributed by atoms with Crippen LogP contribution in [-0.2, 0) is 4.79 Å². The molecule has 2 heterocycles. The fourth-order valence-corrected chi connectivity index (χ4v) is 2.73. The third kappa shape index (κ3) is 2.91. The molecular weight excluding hydrogens is 292 g/mol. The maximum absolute atomic E-state index is 12.1. The average molecular weight is 307 g/mol. The monoisotopic (exact) mass is 306 g/mol. The number of amides is 1. The van der Waals surface area contributed by atoms with Gasteiger partial charge >= 0.3 is 0 Å². The summed E-state index contributed by atoms with van der Waals surface area (Å²) in [5.74, 6) is 0.368. The van der Waals surface area contributed by atoms with Crippen LogP contribution in [0.4, 0.5) is 5.82 Å². The Hall–Kier alpha value is -1.92. The van der Waals surface area contributed by atoms with Crippen molar-refractivity contribution in [2.24, 2.45) is 5.92 Å². The maximum Gasteiger partial charge on any atom is 0.231 e. The topological polar surface area (TPSA) is 80.0 Å². The van der Waals surface area contributed by atoms with Crippen molar-refractivity contribution < 1.29 is 9.90 Å². The Morgan fingerprint density at radius 2 is 2.29 bits per heavy atom. The van der Waals surface area contributed by atoms with E-state index in [-0.39, 0.29) is 11.8 Å². The number of aromatic nitrogens is 3. The highest BCUT2D eigenvalue weighted by Gasteiger charge is 2.31. The van der Waals surface area contributed by atoms with Crippen LogP contribution in [-0.4, -0.2) is 31.9 Å². The smallest absolute Gasteiger partial charge is 0.231 e. The van der Waals surface area contributed by atoms with Gasteiger partial charge in [0.2, 0.25) is 5.91 Å². The second-order valence-electron chi connectivity index (χ2n) is 5.05. The molecular formula is C14H15ClN4O2. The average Bonchev–Trinajstić information content (AvgIpc) is 3.08. The number of aliphatic hydroxyl groups excluding tert-OH is 1. The lowest BCUT2D eigenvalue weighted by Crippen LogP contribution is -2.28. The Morgan fingerprint density at radius 3 is 3.00 bits per heavy atom. The van der Waals surface area contributed by atoms with Crippen LogP contribution in [0.3, 0.4) is 0 Å². The molecule has 0 aromatic carbocycles. The molecule has 1 amide bonds. The zero-order valence-electron chi connectivity index (χ0n) is 11.2. The molecule has 1 saturated carbocycles. The van der Waals surface area contributed by atoms with Crippen molar-refractivity contribution in [3.05, 3.63) is 35.6 Å². The van der Waals surface area contributed by atoms with Crippen molar-refractivity contribution in [3.8, 4) is 5.82 Å². The van der Waals surface area contributed by atoms with Crippen LogP contribution in [0.2, 0.25) is 5.02 Å². The fraction of sp³-hybridized carbons (Fsp3) is 0.357. The molecule has 3 rings (SSSR count). The molecule has 110 valence electrons. The summed E-state index contributed by atoms with van der Waals surface area (Å²) in [5.41, 5.74) is 0. The molecule has 0 spiro atoms. The summed E-state index contributed by atoms with van der Waals surface area (Å²) in [7, 11) is 0. The van der Waals surface area contributed by atoms with Crippen LogP contribution in [0.15, 0.2) is 30.6 Å². The number of hydrogen-bond acceptors (Lipinski definition) is 4. The molecule has 0 saturated heterocycles. The molecule has 0 bridgehead atoms. The highest BCUT2D eigenvalue weighted by atomic mass is 35.5. The van der Waals surface area contributed by atoms with E-state index in [0.29, 0.717) is 29.5 Å². The van der Waals surface area contributed by atoms with Gasteiger partial charge in [-0.05, 0) is 31.4 Å². The number of anilines is 1. The molecule has 0 radical (unpaired) electrons. The van der Waals surface area contributed by atoms with E-state index in [1.807, 2.05) is 0 Å². The van der Waals surface area contributed by atoms with Gasteiger partial charge in [0.05, 0.1) is 17.0 Å². The Morgan fingerprint density at radius 1 is 1.43 bits per heavy atom. The number of carbonyl (C=O) groups is 1. The van der Waals surface area contributed by atoms with E-state index in [4.69, 9.17) is 11.6 Å². The largest absolute Gasteiger partial charge is 0.392 e. The standard InChI is InChI=1S/C14H15ClN4O2/c15-10-4-2-7-16-13(10)19-8-6-12(18-19)17-14(21)9-3-1-5-11(9)20/h2,4,6-9,11,20H,1,3,5H2,(H,17,18,21). The quantitative estimate of drug-likeness (QED) is 0.909. The minimum absolute atomic E-state index is 0.197. The van der Waals surface area contributed by atoms with Crippen LogP contribution in [0.25, 0.3) is 5.82 Å². The Kier molecular flexibility index (Phi) is 3.90. The highest BCUT2D eigenvalue weighted by Crippen LogP contribution is 2.26. The number of pyridine rings is 1. The number of nitrogens with zero attached hydrogens (tertiary/aromatic N) is 3. The number of aliphatic hydroxyl groups is 1. The number of halogens is 1. The summed E-state index contributed by atoms with van der Waals surface area (Å²) >= 11 is 6.05. The highest BCUT2D eigenvalue weighted by molar-refractivity contribution is 6.32. The van der Waals surface area contributed by atoms with Gasteiger partial charge in [-0.1, -0.05) is 11.6 Å². The van der Waals surface area contributed by atoms with Gasteiger partial charge in [0, 0.05) is 18.5 Å². The SMILES string of the molecule is O=C(Nc1ccn(-c2ncccc2Cl)n1)C1CCCC1O. The van der Waals surface area contributed by atoms with Crippen LogP contribution >= 0.6 is 11.6 Å². The third-order valence-electron chi connectivity index (χ3n) is 3.61. The first-order valence-corrected chi connectivity index (χ1v) is 7.18. The minimum Gasteiger partial charge on any atom is -0.392 e. The number of rotatable bonds is 3. The van der Waals surface area contributed by atoms with E-state index in [0.717, 1.165) is 6.42 Å². The van der Waals surface area contributed by atoms with Gasteiger partial charge in [0.25, 0.3) is 0 Å². The molecule has 1 aliphatic carbocycles. The fourth-order valence-electron chi connectivity index (χ4n) is 2.52. The van der Waals surface area contributed by atoms with Crippen molar-refractivity contribution in [2.75, 3.05) is 5.32 Å². The molecule has 0 aliphatic heterocycles. The second-order valence-corrected chi connectivity index (χ2v) is 5.46. The molecule has 2 aromatic rings. The van der Waals surface area contributed by atoms with Gasteiger partial charge in [-0.25, -0.2) is 9.67 Å². The molecule has 2 atom stereocenters. The third-order valence-corrected chi connectivity index (χ3v) is 3.91. The molecule has 1 fully saturated rings. The van der Waals surface area contributed by atoms with Crippen LogP contribution in [0, 0.1) is 5.92 Å². The molecule has 6 nitrogen and oxygen atoms in total. The molecule has 1 aliphatic rings. The Bertz CT molecular complexity index is 658. The van der Waals surface area contributed by atoms with Crippen LogP contribution in [0.1, 0.15) is 19.3 Å². The summed E-state index contributed by atoms with van der Waals surface area (Å²) in [6.45, 7) is 0. The number of carbonyl (C=O) groups excluding carboxylic acids is 1. The summed E-state index contributed by atoms with van der Waals surface area (Å²) in [6, 6.07) is 5.13. The maximum atomic E-state index is 12.1. The number of hydrogen-bond donors (Lipinski definition) is 2. The zero-order chi connectivity index (χ0) is 14.8. The van der Waals surface area contributed by atoms with Crippen molar-refractivity contribution >= 4 is 23.3 Å². The van der Waals surface area contributed by atoms with Gasteiger partial charge in [0.1, 0.15) is 0 Å². The van der Waals surface area contributed by atoms with Crippen molar-refractivity contribution in [2.45, 2.75) is 25.4 Å². The van der Waals surface area contributed by atoms with E-state index in [9.17, 15) is 9.90 Å². The molecule has 21 heavy (non-hydrogen) atoms. The molecule has 2 aromatic heterocycles. The zero-order valence-corrected chi connectivity index (χ0v) is 12.0. The van der Waals surface area contributed by atoms with Gasteiger partial charge in [0.15, 0.2) is 11.6 Å². The predicted octanol–water partition coefficient (Wildman–Crippen LogP) is 2.02. The van der Waals surface area contributed by atoms with Crippen molar-refractivity contribution in [1.82, 2.24) is 14.8 Å². The first-order chi connectivity index (χ1) is 10.1. The van der Waals surface area contributed by atoms with Crippen molar-refractivity contribution in [1.29, 1.82) is 0 Å². The van der Waals surface area contributed by atoms with E-state index < -0.39 is 6.10 Å². The lowest BCUT2D eigenvalue weighted by Gasteiger charge is -2.12. The van der Waals surface area contributed by atoms with Crippen LogP contribution < -0.4 is 5.32 Å². The van der Waals surface area contributed by atoms with E-state index in [1.54, 1.807) is 30.6 Å². The van der Waals surface area contributed by atoms with E-state index in [2.05, 4.69) is 15.4 Å². The molecule has 2 unspecified atom stereocenters. The summed E-state index contributed by atoms with van der Waals surface area (Å²) in [4.78, 5) is 16.2. The van der Waals surface area contributed by atoms with Gasteiger partial charge in [-0.3, -0.25) is 4.79 Å². The van der Waals surface area contributed by atoms with Gasteiger partial charge in [-0.2, -0.15) is 0 Å². The van der Waals surface area contributed by atoms with Crippen molar-refractivity contribution in [3.63, 3.8) is 0 Å². The van der Waals surface area contributed by atoms with Crippen LogP contribution in [0.5, 0.6) is 0 Å². The summed E-state index contributed by atoms with van der Waals surface area (Å²) < 4.78 is 1.50. The first-order valence-electron chi connectivity index (χ1n) is 6.80. The Labute approximate surface area is 126 Å². The van der Waals surface area contributed by atoms with Gasteiger partial charge in [-0.15, -0.1) is 5.10 Å².